The van der Waals surface area contributed by atoms with Crippen LogP contribution in [0.3, 0.4) is 0 Å². The predicted octanol–water partition coefficient (Wildman–Crippen LogP) is 3.00. The SMILES string of the molecule is CC(C)C1=CC(Oc2c(F)cc(N)cc2Cl)=NCC1=O. The Hall–Kier alpha value is -1.88. The van der Waals surface area contributed by atoms with E-state index in [1.165, 1.54) is 12.1 Å². The van der Waals surface area contributed by atoms with E-state index < -0.39 is 5.82 Å². The maximum absolute atomic E-state index is 13.8. The van der Waals surface area contributed by atoms with Gasteiger partial charge in [-0.25, -0.2) is 9.38 Å². The molecule has 0 bridgehead atoms. The number of anilines is 1. The Balaban J connectivity index is 2.30. The summed E-state index contributed by atoms with van der Waals surface area (Å²) < 4.78 is 19.1. The second-order valence-corrected chi connectivity index (χ2v) is 5.15. The van der Waals surface area contributed by atoms with Crippen LogP contribution < -0.4 is 10.5 Å². The largest absolute Gasteiger partial charge is 0.435 e. The molecule has 0 aromatic heterocycles. The number of rotatable bonds is 2. The van der Waals surface area contributed by atoms with Gasteiger partial charge in [-0.1, -0.05) is 25.4 Å². The molecule has 0 saturated heterocycles. The smallest absolute Gasteiger partial charge is 0.215 e. The third kappa shape index (κ3) is 2.99. The molecule has 0 radical (unpaired) electrons. The number of Topliss-reactive ketones (excluding diaryl/α,β-unsaturated/α-hetero) is 1. The van der Waals surface area contributed by atoms with Crippen LogP contribution in [0.15, 0.2) is 28.8 Å². The van der Waals surface area contributed by atoms with Crippen molar-refractivity contribution in [1.29, 1.82) is 0 Å². The molecule has 2 N–H and O–H groups in total. The van der Waals surface area contributed by atoms with E-state index in [1.54, 1.807) is 0 Å². The van der Waals surface area contributed by atoms with Gasteiger partial charge in [0.05, 0.1) is 5.02 Å². The van der Waals surface area contributed by atoms with Gasteiger partial charge in [0.15, 0.2) is 17.3 Å². The van der Waals surface area contributed by atoms with Crippen molar-refractivity contribution in [2.45, 2.75) is 13.8 Å². The zero-order chi connectivity index (χ0) is 14.9. The van der Waals surface area contributed by atoms with Crippen LogP contribution in [0.4, 0.5) is 10.1 Å². The molecule has 0 saturated carbocycles. The molecule has 0 unspecified atom stereocenters. The van der Waals surface area contributed by atoms with Crippen molar-refractivity contribution in [1.82, 2.24) is 0 Å². The van der Waals surface area contributed by atoms with Crippen molar-refractivity contribution in [3.05, 3.63) is 34.6 Å². The average molecular weight is 297 g/mol. The number of hydrogen-bond donors (Lipinski definition) is 1. The molecule has 20 heavy (non-hydrogen) atoms. The third-order valence-electron chi connectivity index (χ3n) is 2.83. The molecule has 6 heteroatoms. The Kier molecular flexibility index (Phi) is 4.09. The van der Waals surface area contributed by atoms with Crippen molar-refractivity contribution in [3.8, 4) is 5.75 Å². The molecule has 1 heterocycles. The number of nitrogens with two attached hydrogens (primary N) is 1. The summed E-state index contributed by atoms with van der Waals surface area (Å²) in [6, 6.07) is 2.50. The number of nitrogens with zero attached hydrogens (tertiary/aromatic N) is 1. The summed E-state index contributed by atoms with van der Waals surface area (Å²) in [5.41, 5.74) is 6.28. The van der Waals surface area contributed by atoms with Crippen molar-refractivity contribution < 1.29 is 13.9 Å². The van der Waals surface area contributed by atoms with E-state index in [0.717, 1.165) is 6.07 Å². The third-order valence-corrected chi connectivity index (χ3v) is 3.11. The quantitative estimate of drug-likeness (QED) is 0.853. The molecule has 0 spiro atoms. The Morgan fingerprint density at radius 1 is 1.45 bits per heavy atom. The van der Waals surface area contributed by atoms with Gasteiger partial charge in [-0.3, -0.25) is 4.79 Å². The number of hydrogen-bond acceptors (Lipinski definition) is 4. The zero-order valence-electron chi connectivity index (χ0n) is 11.1. The van der Waals surface area contributed by atoms with E-state index in [2.05, 4.69) is 4.99 Å². The Morgan fingerprint density at radius 2 is 2.15 bits per heavy atom. The van der Waals surface area contributed by atoms with Gasteiger partial charge in [-0.05, 0) is 12.0 Å². The fraction of sp³-hybridized carbons (Fsp3) is 0.286. The summed E-state index contributed by atoms with van der Waals surface area (Å²) in [6.07, 6.45) is 1.52. The highest BCUT2D eigenvalue weighted by Gasteiger charge is 2.21. The van der Waals surface area contributed by atoms with Gasteiger partial charge in [0.25, 0.3) is 0 Å². The molecule has 1 aromatic rings. The molecule has 106 valence electrons. The molecule has 1 aliphatic rings. The van der Waals surface area contributed by atoms with E-state index >= 15 is 0 Å². The van der Waals surface area contributed by atoms with Gasteiger partial charge in [0.1, 0.15) is 6.54 Å². The monoisotopic (exact) mass is 296 g/mol. The minimum Gasteiger partial charge on any atom is -0.435 e. The normalized spacial score (nSPS) is 15.2. The summed E-state index contributed by atoms with van der Waals surface area (Å²) in [5.74, 6) is -0.666. The van der Waals surface area contributed by atoms with Gasteiger partial charge in [0, 0.05) is 23.4 Å². The number of dihydropyridines is 1. The van der Waals surface area contributed by atoms with Crippen LogP contribution >= 0.6 is 11.6 Å². The van der Waals surface area contributed by atoms with E-state index in [1.807, 2.05) is 13.8 Å². The van der Waals surface area contributed by atoms with Crippen LogP contribution in [0.25, 0.3) is 0 Å². The average Bonchev–Trinajstić information content (AvgIpc) is 2.35. The number of ketones is 1. The molecule has 0 fully saturated rings. The van der Waals surface area contributed by atoms with Crippen LogP contribution in [0.1, 0.15) is 13.8 Å². The standard InChI is InChI=1S/C14H14ClFN2O2/c1-7(2)9-5-13(18-6-12(9)19)20-14-10(15)3-8(17)4-11(14)16/h3-5,7H,6,17H2,1-2H3. The Morgan fingerprint density at radius 3 is 2.75 bits per heavy atom. The Bertz CT molecular complexity index is 601. The van der Waals surface area contributed by atoms with Crippen LogP contribution in [0.5, 0.6) is 5.75 Å². The molecule has 1 aromatic carbocycles. The fourth-order valence-corrected chi connectivity index (χ4v) is 2.09. The molecule has 2 rings (SSSR count). The van der Waals surface area contributed by atoms with Gasteiger partial charge in [-0.15, -0.1) is 0 Å². The molecule has 0 amide bonds. The molecule has 4 nitrogen and oxygen atoms in total. The molecule has 1 aliphatic heterocycles. The molecule has 0 aliphatic carbocycles. The summed E-state index contributed by atoms with van der Waals surface area (Å²) in [7, 11) is 0. The second kappa shape index (κ2) is 5.63. The number of nitrogen functional groups attached to an aromatic ring is 1. The summed E-state index contributed by atoms with van der Waals surface area (Å²) in [6.45, 7) is 3.78. The van der Waals surface area contributed by atoms with Gasteiger partial charge < -0.3 is 10.5 Å². The van der Waals surface area contributed by atoms with Crippen LogP contribution in [0.2, 0.25) is 5.02 Å². The second-order valence-electron chi connectivity index (χ2n) is 4.75. The van der Waals surface area contributed by atoms with Crippen LogP contribution in [-0.2, 0) is 4.79 Å². The Labute approximate surface area is 121 Å². The zero-order valence-corrected chi connectivity index (χ0v) is 11.9. The minimum absolute atomic E-state index is 0.00639. The maximum atomic E-state index is 13.8. The lowest BCUT2D eigenvalue weighted by molar-refractivity contribution is -0.114. The summed E-state index contributed by atoms with van der Waals surface area (Å²) in [5, 5.41) is 0.0570. The lowest BCUT2D eigenvalue weighted by Gasteiger charge is -2.16. The highest BCUT2D eigenvalue weighted by atomic mass is 35.5. The topological polar surface area (TPSA) is 64.7 Å². The highest BCUT2D eigenvalue weighted by molar-refractivity contribution is 6.32. The number of carbonyl (C=O) groups is 1. The van der Waals surface area contributed by atoms with Crippen LogP contribution in [-0.4, -0.2) is 18.2 Å². The number of halogens is 2. The number of carbonyl (C=O) groups excluding carboxylic acids is 1. The first kappa shape index (κ1) is 14.5. The van der Waals surface area contributed by atoms with Crippen molar-refractivity contribution in [3.63, 3.8) is 0 Å². The number of benzene rings is 1. The first-order chi connectivity index (χ1) is 9.38. The van der Waals surface area contributed by atoms with Gasteiger partial charge in [0.2, 0.25) is 5.90 Å². The van der Waals surface area contributed by atoms with Crippen LogP contribution in [0, 0.1) is 11.7 Å². The van der Waals surface area contributed by atoms with Crippen molar-refractivity contribution in [2.24, 2.45) is 10.9 Å². The van der Waals surface area contributed by atoms with E-state index in [9.17, 15) is 9.18 Å². The molecular formula is C14H14ClFN2O2. The number of ether oxygens (including phenoxy) is 1. The number of aliphatic imine (C=N–C) groups is 1. The highest BCUT2D eigenvalue weighted by Crippen LogP contribution is 2.31. The molecular weight excluding hydrogens is 283 g/mol. The lowest BCUT2D eigenvalue weighted by Crippen LogP contribution is -2.22. The predicted molar refractivity (Wildman–Crippen MR) is 76.7 cm³/mol. The minimum atomic E-state index is -0.672. The van der Waals surface area contributed by atoms with Crippen molar-refractivity contribution >= 4 is 29.0 Å². The summed E-state index contributed by atoms with van der Waals surface area (Å²) in [4.78, 5) is 15.6. The van der Waals surface area contributed by atoms with E-state index in [0.29, 0.717) is 5.57 Å². The van der Waals surface area contributed by atoms with Crippen molar-refractivity contribution in [2.75, 3.05) is 12.3 Å². The summed E-state index contributed by atoms with van der Waals surface area (Å²) >= 11 is 5.89. The maximum Gasteiger partial charge on any atom is 0.215 e. The first-order valence-electron chi connectivity index (χ1n) is 6.10. The lowest BCUT2D eigenvalue weighted by atomic mass is 9.97. The van der Waals surface area contributed by atoms with Gasteiger partial charge >= 0.3 is 0 Å². The van der Waals surface area contributed by atoms with E-state index in [4.69, 9.17) is 22.1 Å². The fourth-order valence-electron chi connectivity index (χ4n) is 1.83. The van der Waals surface area contributed by atoms with Gasteiger partial charge in [-0.2, -0.15) is 0 Å². The van der Waals surface area contributed by atoms with E-state index in [-0.39, 0.29) is 40.6 Å². The molecule has 0 atom stereocenters. The first-order valence-corrected chi connectivity index (χ1v) is 6.48.